The van der Waals surface area contributed by atoms with E-state index in [0.29, 0.717) is 5.56 Å². The molecule has 4 N–H and O–H groups in total. The summed E-state index contributed by atoms with van der Waals surface area (Å²) in [4.78, 5) is 24.4. The molecule has 0 aliphatic carbocycles. The van der Waals surface area contributed by atoms with Crippen molar-refractivity contribution >= 4 is 23.6 Å². The zero-order chi connectivity index (χ0) is 18.3. The molecule has 0 bridgehead atoms. The van der Waals surface area contributed by atoms with Gasteiger partial charge in [0.1, 0.15) is 11.5 Å². The Morgan fingerprint density at radius 3 is 2.72 bits per heavy atom. The zero-order valence-electron chi connectivity index (χ0n) is 12.8. The van der Waals surface area contributed by atoms with Gasteiger partial charge in [-0.2, -0.15) is 5.10 Å². The molecule has 25 heavy (non-hydrogen) atoms. The Balaban J connectivity index is 2.20. The molecule has 1 unspecified atom stereocenters. The van der Waals surface area contributed by atoms with E-state index in [2.05, 4.69) is 5.10 Å². The number of carbonyl (C=O) groups excluding carboxylic acids is 1. The summed E-state index contributed by atoms with van der Waals surface area (Å²) in [6, 6.07) is 3.17. The molecule has 2 heterocycles. The summed E-state index contributed by atoms with van der Waals surface area (Å²) in [7, 11) is 0. The van der Waals surface area contributed by atoms with Crippen LogP contribution in [-0.4, -0.2) is 50.0 Å². The van der Waals surface area contributed by atoms with Crippen molar-refractivity contribution < 1.29 is 24.2 Å². The van der Waals surface area contributed by atoms with Crippen molar-refractivity contribution in [1.29, 1.82) is 0 Å². The van der Waals surface area contributed by atoms with E-state index in [4.69, 9.17) is 17.3 Å². The van der Waals surface area contributed by atoms with Crippen LogP contribution < -0.4 is 5.73 Å². The van der Waals surface area contributed by atoms with Crippen LogP contribution in [0.1, 0.15) is 22.1 Å². The minimum Gasteiger partial charge on any atom is -0.465 e. The Morgan fingerprint density at radius 1 is 1.44 bits per heavy atom. The first-order valence-corrected chi connectivity index (χ1v) is 7.66. The molecule has 0 saturated heterocycles. The van der Waals surface area contributed by atoms with E-state index >= 15 is 0 Å². The molecule has 132 valence electrons. The van der Waals surface area contributed by atoms with Gasteiger partial charge in [0.05, 0.1) is 35.5 Å². The number of hydrogen-bond acceptors (Lipinski definition) is 4. The smallest absolute Gasteiger partial charge is 0.407 e. The molecule has 8 nitrogen and oxygen atoms in total. The van der Waals surface area contributed by atoms with Crippen LogP contribution in [0.2, 0.25) is 5.02 Å². The summed E-state index contributed by atoms with van der Waals surface area (Å²) < 4.78 is 14.8. The fraction of sp³-hybridized carbons (Fsp3) is 0.267. The second-order valence-corrected chi connectivity index (χ2v) is 6.01. The van der Waals surface area contributed by atoms with Gasteiger partial charge in [0.2, 0.25) is 0 Å². The van der Waals surface area contributed by atoms with Crippen LogP contribution >= 0.6 is 11.6 Å². The lowest BCUT2D eigenvalue weighted by molar-refractivity contribution is 0.0955. The number of amides is 2. The zero-order valence-corrected chi connectivity index (χ0v) is 13.6. The molecule has 0 fully saturated rings. The molecule has 1 aromatic heterocycles. The van der Waals surface area contributed by atoms with E-state index in [9.17, 15) is 24.2 Å². The normalized spacial score (nSPS) is 16.6. The van der Waals surface area contributed by atoms with E-state index in [1.807, 2.05) is 0 Å². The van der Waals surface area contributed by atoms with Gasteiger partial charge in [-0.1, -0.05) is 11.6 Å². The number of fused-ring (bicyclic) bond motifs is 1. The van der Waals surface area contributed by atoms with Gasteiger partial charge in [-0.25, -0.2) is 9.18 Å². The lowest BCUT2D eigenvalue weighted by Crippen LogP contribution is -2.42. The fourth-order valence-electron chi connectivity index (χ4n) is 2.89. The topological polar surface area (TPSA) is 122 Å². The minimum absolute atomic E-state index is 0.0162. The number of nitrogens with two attached hydrogens (primary N) is 1. The van der Waals surface area contributed by atoms with Gasteiger partial charge in [0, 0.05) is 12.1 Å². The molecule has 0 spiro atoms. The Kier molecular flexibility index (Phi) is 4.36. The van der Waals surface area contributed by atoms with Crippen LogP contribution in [0.4, 0.5) is 9.18 Å². The number of carbonyl (C=O) groups is 2. The van der Waals surface area contributed by atoms with Crippen LogP contribution in [0, 0.1) is 5.82 Å². The highest BCUT2D eigenvalue weighted by Crippen LogP contribution is 2.32. The Labute approximate surface area is 146 Å². The first-order valence-electron chi connectivity index (χ1n) is 7.28. The monoisotopic (exact) mass is 368 g/mol. The highest BCUT2D eigenvalue weighted by atomic mass is 35.5. The molecule has 3 rings (SSSR count). The van der Waals surface area contributed by atoms with Crippen molar-refractivity contribution in [3.05, 3.63) is 40.3 Å². The molecule has 1 aliphatic rings. The molecule has 10 heteroatoms. The average molecular weight is 369 g/mol. The van der Waals surface area contributed by atoms with Crippen molar-refractivity contribution in [3.8, 4) is 11.3 Å². The molecular formula is C15H14ClFN4O4. The SMILES string of the molecule is NC(=O)c1c(-c2ccc(F)c(Cl)c2)nn2c1CN(C(=O)O)CC2CO. The molecule has 1 aromatic carbocycles. The van der Waals surface area contributed by atoms with Crippen LogP contribution in [0.25, 0.3) is 11.3 Å². The van der Waals surface area contributed by atoms with Gasteiger partial charge < -0.3 is 20.8 Å². The van der Waals surface area contributed by atoms with Crippen LogP contribution in [-0.2, 0) is 6.54 Å². The number of rotatable bonds is 3. The average Bonchev–Trinajstić information content (AvgIpc) is 2.95. The third kappa shape index (κ3) is 2.92. The van der Waals surface area contributed by atoms with E-state index < -0.39 is 23.9 Å². The summed E-state index contributed by atoms with van der Waals surface area (Å²) >= 11 is 5.79. The summed E-state index contributed by atoms with van der Waals surface area (Å²) in [5.74, 6) is -1.43. The molecular weight excluding hydrogens is 355 g/mol. The predicted molar refractivity (Wildman–Crippen MR) is 85.7 cm³/mol. The van der Waals surface area contributed by atoms with Gasteiger partial charge in [-0.15, -0.1) is 0 Å². The quantitative estimate of drug-likeness (QED) is 0.757. The maximum Gasteiger partial charge on any atom is 0.407 e. The molecule has 0 saturated carbocycles. The maximum absolute atomic E-state index is 13.4. The second kappa shape index (κ2) is 6.34. The third-order valence-electron chi connectivity index (χ3n) is 4.05. The van der Waals surface area contributed by atoms with E-state index in [1.54, 1.807) is 0 Å². The standard InChI is InChI=1S/C15H14ClFN4O4/c16-9-3-7(1-2-10(9)17)13-12(14(18)23)11-5-20(15(24)25)4-8(6-22)21(11)19-13/h1-3,8,22H,4-6H2,(H2,18,23)(H,24,25). The first kappa shape index (κ1) is 17.2. The van der Waals surface area contributed by atoms with Gasteiger partial charge >= 0.3 is 6.09 Å². The molecule has 2 amide bonds. The predicted octanol–water partition coefficient (Wildman–Crippen LogP) is 1.47. The van der Waals surface area contributed by atoms with Gasteiger partial charge in [-0.05, 0) is 18.2 Å². The largest absolute Gasteiger partial charge is 0.465 e. The summed E-state index contributed by atoms with van der Waals surface area (Å²) in [6.45, 7) is -0.464. The second-order valence-electron chi connectivity index (χ2n) is 5.61. The number of benzene rings is 1. The highest BCUT2D eigenvalue weighted by molar-refractivity contribution is 6.31. The van der Waals surface area contributed by atoms with Gasteiger partial charge in [0.25, 0.3) is 5.91 Å². The molecule has 0 radical (unpaired) electrons. The number of aromatic nitrogens is 2. The Hall–Kier alpha value is -2.65. The summed E-state index contributed by atoms with van der Waals surface area (Å²) in [5, 5.41) is 23.0. The highest BCUT2D eigenvalue weighted by Gasteiger charge is 2.34. The number of aliphatic hydroxyl groups excluding tert-OH is 1. The lowest BCUT2D eigenvalue weighted by atomic mass is 10.0. The van der Waals surface area contributed by atoms with Crippen molar-refractivity contribution in [2.24, 2.45) is 5.73 Å². The third-order valence-corrected chi connectivity index (χ3v) is 4.34. The number of aliphatic hydroxyl groups is 1. The number of nitrogens with zero attached hydrogens (tertiary/aromatic N) is 3. The minimum atomic E-state index is -1.19. The Bertz CT molecular complexity index is 869. The number of carboxylic acid groups (broad SMARTS) is 1. The van der Waals surface area contributed by atoms with Crippen molar-refractivity contribution in [3.63, 3.8) is 0 Å². The van der Waals surface area contributed by atoms with Crippen molar-refractivity contribution in [2.75, 3.05) is 13.2 Å². The lowest BCUT2D eigenvalue weighted by Gasteiger charge is -2.31. The van der Waals surface area contributed by atoms with Crippen molar-refractivity contribution in [2.45, 2.75) is 12.6 Å². The maximum atomic E-state index is 13.4. The number of primary amides is 1. The van der Waals surface area contributed by atoms with Gasteiger partial charge in [-0.3, -0.25) is 9.48 Å². The molecule has 1 atom stereocenters. The fourth-order valence-corrected chi connectivity index (χ4v) is 3.07. The van der Waals surface area contributed by atoms with E-state index in [0.717, 1.165) is 11.0 Å². The van der Waals surface area contributed by atoms with Crippen LogP contribution in [0.5, 0.6) is 0 Å². The Morgan fingerprint density at radius 2 is 2.16 bits per heavy atom. The molecule has 1 aliphatic heterocycles. The number of halogens is 2. The van der Waals surface area contributed by atoms with E-state index in [1.165, 1.54) is 16.8 Å². The number of hydrogen-bond donors (Lipinski definition) is 3. The first-order chi connectivity index (χ1) is 11.8. The van der Waals surface area contributed by atoms with Gasteiger partial charge in [0.15, 0.2) is 0 Å². The molecule has 2 aromatic rings. The van der Waals surface area contributed by atoms with Crippen molar-refractivity contribution in [1.82, 2.24) is 14.7 Å². The van der Waals surface area contributed by atoms with E-state index in [-0.39, 0.29) is 41.7 Å². The summed E-state index contributed by atoms with van der Waals surface area (Å²) in [6.07, 6.45) is -1.19. The van der Waals surface area contributed by atoms with Crippen LogP contribution in [0.15, 0.2) is 18.2 Å². The van der Waals surface area contributed by atoms with Crippen LogP contribution in [0.3, 0.4) is 0 Å². The summed E-state index contributed by atoms with van der Waals surface area (Å²) in [5.41, 5.74) is 6.29.